The van der Waals surface area contributed by atoms with Crippen LogP contribution in [0.1, 0.15) is 16.1 Å². The Morgan fingerprint density at radius 1 is 1.26 bits per heavy atom. The fourth-order valence-corrected chi connectivity index (χ4v) is 2.13. The van der Waals surface area contributed by atoms with Crippen LogP contribution in [0.5, 0.6) is 11.5 Å². The van der Waals surface area contributed by atoms with Gasteiger partial charge in [-0.2, -0.15) is 0 Å². The number of nitrogens with zero attached hydrogens (tertiary/aromatic N) is 2. The van der Waals surface area contributed by atoms with Gasteiger partial charge >= 0.3 is 0 Å². The van der Waals surface area contributed by atoms with E-state index < -0.39 is 0 Å². The lowest BCUT2D eigenvalue weighted by Gasteiger charge is -2.13. The summed E-state index contributed by atoms with van der Waals surface area (Å²) in [5, 5.41) is 0. The van der Waals surface area contributed by atoms with Gasteiger partial charge in [0.05, 0.1) is 20.5 Å². The summed E-state index contributed by atoms with van der Waals surface area (Å²) in [6.45, 7) is 1.91. The molecule has 100 valence electrons. The molecule has 0 atom stereocenters. The smallest absolute Gasteiger partial charge is 0.168 e. The molecular weight excluding hydrogens is 244 g/mol. The van der Waals surface area contributed by atoms with E-state index in [1.165, 1.54) is 0 Å². The largest absolute Gasteiger partial charge is 0.496 e. The highest BCUT2D eigenvalue weighted by Gasteiger charge is 2.18. The number of carbonyl (C=O) groups excluding carboxylic acids is 1. The first-order valence-corrected chi connectivity index (χ1v) is 5.82. The van der Waals surface area contributed by atoms with E-state index in [9.17, 15) is 4.79 Å². The predicted octanol–water partition coefficient (Wildman–Crippen LogP) is 2.23. The molecule has 0 radical (unpaired) electrons. The quantitative estimate of drug-likeness (QED) is 0.791. The number of rotatable bonds is 4. The highest BCUT2D eigenvalue weighted by Crippen LogP contribution is 2.37. The predicted molar refractivity (Wildman–Crippen MR) is 71.9 cm³/mol. The molecule has 0 amide bonds. The monoisotopic (exact) mass is 260 g/mol. The highest BCUT2D eigenvalue weighted by atomic mass is 16.5. The number of hydrogen-bond donors (Lipinski definition) is 0. The standard InChI is InChI=1S/C14H16N2O3/c1-9-12(18-3)6-5-10(14(9)19-4)13-11(7-17)16(2)8-15-13/h5-8H,1-4H3. The Kier molecular flexibility index (Phi) is 3.55. The summed E-state index contributed by atoms with van der Waals surface area (Å²) in [4.78, 5) is 15.4. The lowest BCUT2D eigenvalue weighted by molar-refractivity contribution is 0.111. The van der Waals surface area contributed by atoms with Crippen LogP contribution in [0.25, 0.3) is 11.3 Å². The van der Waals surface area contributed by atoms with Crippen molar-refractivity contribution in [3.05, 3.63) is 29.7 Å². The highest BCUT2D eigenvalue weighted by molar-refractivity contribution is 5.86. The van der Waals surface area contributed by atoms with Crippen molar-refractivity contribution in [2.45, 2.75) is 6.92 Å². The fourth-order valence-electron chi connectivity index (χ4n) is 2.13. The van der Waals surface area contributed by atoms with Gasteiger partial charge in [-0.05, 0) is 19.1 Å². The van der Waals surface area contributed by atoms with Crippen molar-refractivity contribution in [3.8, 4) is 22.8 Å². The van der Waals surface area contributed by atoms with Gasteiger partial charge < -0.3 is 14.0 Å². The molecular formula is C14H16N2O3. The molecule has 0 unspecified atom stereocenters. The first-order valence-electron chi connectivity index (χ1n) is 5.82. The van der Waals surface area contributed by atoms with Crippen molar-refractivity contribution in [2.24, 2.45) is 7.05 Å². The molecule has 19 heavy (non-hydrogen) atoms. The van der Waals surface area contributed by atoms with Gasteiger partial charge in [-0.1, -0.05) is 0 Å². The van der Waals surface area contributed by atoms with Crippen LogP contribution in [0.4, 0.5) is 0 Å². The number of hydrogen-bond acceptors (Lipinski definition) is 4. The van der Waals surface area contributed by atoms with Crippen molar-refractivity contribution in [1.82, 2.24) is 9.55 Å². The average molecular weight is 260 g/mol. The van der Waals surface area contributed by atoms with Crippen molar-refractivity contribution >= 4 is 6.29 Å². The lowest BCUT2D eigenvalue weighted by Crippen LogP contribution is -1.98. The van der Waals surface area contributed by atoms with Gasteiger partial charge in [-0.3, -0.25) is 4.79 Å². The van der Waals surface area contributed by atoms with Gasteiger partial charge in [0, 0.05) is 18.2 Å². The number of methoxy groups -OCH3 is 2. The first-order chi connectivity index (χ1) is 9.13. The van der Waals surface area contributed by atoms with Crippen LogP contribution < -0.4 is 9.47 Å². The maximum atomic E-state index is 11.2. The molecule has 0 fully saturated rings. The summed E-state index contributed by atoms with van der Waals surface area (Å²) >= 11 is 0. The molecule has 1 heterocycles. The van der Waals surface area contributed by atoms with E-state index in [1.807, 2.05) is 19.1 Å². The molecule has 0 saturated carbocycles. The summed E-state index contributed by atoms with van der Waals surface area (Å²) in [6.07, 6.45) is 2.40. The number of ether oxygens (including phenoxy) is 2. The second-order valence-corrected chi connectivity index (χ2v) is 4.18. The van der Waals surface area contributed by atoms with Gasteiger partial charge in [-0.25, -0.2) is 4.98 Å². The minimum absolute atomic E-state index is 0.517. The minimum Gasteiger partial charge on any atom is -0.496 e. The Morgan fingerprint density at radius 3 is 2.58 bits per heavy atom. The maximum absolute atomic E-state index is 11.2. The zero-order valence-electron chi connectivity index (χ0n) is 11.4. The topological polar surface area (TPSA) is 53.4 Å². The summed E-state index contributed by atoms with van der Waals surface area (Å²) < 4.78 is 12.4. The van der Waals surface area contributed by atoms with E-state index in [4.69, 9.17) is 9.47 Å². The minimum atomic E-state index is 0.517. The molecule has 0 aliphatic rings. The SMILES string of the molecule is COc1ccc(-c2ncn(C)c2C=O)c(OC)c1C. The molecule has 0 N–H and O–H groups in total. The summed E-state index contributed by atoms with van der Waals surface area (Å²) in [5.41, 5.74) is 2.79. The average Bonchev–Trinajstić information content (AvgIpc) is 2.79. The van der Waals surface area contributed by atoms with E-state index in [1.54, 1.807) is 32.2 Å². The Balaban J connectivity index is 2.68. The van der Waals surface area contributed by atoms with Crippen LogP contribution >= 0.6 is 0 Å². The van der Waals surface area contributed by atoms with Crippen LogP contribution in [-0.2, 0) is 7.05 Å². The van der Waals surface area contributed by atoms with Gasteiger partial charge in [0.25, 0.3) is 0 Å². The molecule has 0 bridgehead atoms. The third-order valence-corrected chi connectivity index (χ3v) is 3.13. The number of benzene rings is 1. The number of imidazole rings is 1. The zero-order chi connectivity index (χ0) is 14.0. The van der Waals surface area contributed by atoms with E-state index in [0.29, 0.717) is 17.1 Å². The summed E-state index contributed by atoms with van der Waals surface area (Å²) in [7, 11) is 4.98. The van der Waals surface area contributed by atoms with Gasteiger partial charge in [0.2, 0.25) is 0 Å². The van der Waals surface area contributed by atoms with Gasteiger partial charge in [0.1, 0.15) is 22.9 Å². The van der Waals surface area contributed by atoms with Gasteiger partial charge in [0.15, 0.2) is 6.29 Å². The van der Waals surface area contributed by atoms with E-state index >= 15 is 0 Å². The van der Waals surface area contributed by atoms with Crippen LogP contribution in [0.3, 0.4) is 0 Å². The Morgan fingerprint density at radius 2 is 2.00 bits per heavy atom. The Labute approximate surface area is 111 Å². The molecule has 0 aliphatic heterocycles. The second kappa shape index (κ2) is 5.14. The number of aromatic nitrogens is 2. The van der Waals surface area contributed by atoms with Crippen molar-refractivity contribution in [2.75, 3.05) is 14.2 Å². The molecule has 0 spiro atoms. The number of aldehydes is 1. The van der Waals surface area contributed by atoms with E-state index in [0.717, 1.165) is 23.2 Å². The number of aryl methyl sites for hydroxylation is 1. The summed E-state index contributed by atoms with van der Waals surface area (Å²) in [6, 6.07) is 3.69. The third kappa shape index (κ3) is 2.07. The molecule has 2 rings (SSSR count). The second-order valence-electron chi connectivity index (χ2n) is 4.18. The van der Waals surface area contributed by atoms with Crippen molar-refractivity contribution in [1.29, 1.82) is 0 Å². The summed E-state index contributed by atoms with van der Waals surface area (Å²) in [5.74, 6) is 1.41. The fraction of sp³-hybridized carbons (Fsp3) is 0.286. The van der Waals surface area contributed by atoms with Crippen molar-refractivity contribution in [3.63, 3.8) is 0 Å². The molecule has 0 aliphatic carbocycles. The lowest BCUT2D eigenvalue weighted by atomic mass is 10.0. The maximum Gasteiger partial charge on any atom is 0.168 e. The molecule has 1 aromatic heterocycles. The van der Waals surface area contributed by atoms with Crippen molar-refractivity contribution < 1.29 is 14.3 Å². The molecule has 5 heteroatoms. The van der Waals surface area contributed by atoms with E-state index in [2.05, 4.69) is 4.98 Å². The molecule has 0 saturated heterocycles. The normalized spacial score (nSPS) is 10.3. The van der Waals surface area contributed by atoms with Crippen LogP contribution in [0, 0.1) is 6.92 Å². The molecule has 2 aromatic rings. The van der Waals surface area contributed by atoms with Gasteiger partial charge in [-0.15, -0.1) is 0 Å². The van der Waals surface area contributed by atoms with Crippen LogP contribution in [-0.4, -0.2) is 30.1 Å². The number of carbonyl (C=O) groups is 1. The molecule has 1 aromatic carbocycles. The molecule has 5 nitrogen and oxygen atoms in total. The van der Waals surface area contributed by atoms with Crippen LogP contribution in [0.2, 0.25) is 0 Å². The Bertz CT molecular complexity index is 617. The zero-order valence-corrected chi connectivity index (χ0v) is 11.4. The van der Waals surface area contributed by atoms with Crippen LogP contribution in [0.15, 0.2) is 18.5 Å². The first kappa shape index (κ1) is 13.1. The third-order valence-electron chi connectivity index (χ3n) is 3.13. The van der Waals surface area contributed by atoms with E-state index in [-0.39, 0.29) is 0 Å². The Hall–Kier alpha value is -2.30.